The molecule has 430 valence electrons. The number of ether oxygens (including phenoxy) is 3. The van der Waals surface area contributed by atoms with Gasteiger partial charge in [0.05, 0.1) is 0 Å². The fourth-order valence-electron chi connectivity index (χ4n) is 13.6. The van der Waals surface area contributed by atoms with Crippen LogP contribution in [0.5, 0.6) is 17.2 Å². The topological polar surface area (TPSA) is 43.9 Å². The fourth-order valence-corrected chi connectivity index (χ4v) is 13.6. The van der Waals surface area contributed by atoms with Crippen molar-refractivity contribution in [3.05, 3.63) is 270 Å². The summed E-state index contributed by atoms with van der Waals surface area (Å²) in [6.07, 6.45) is 0. The van der Waals surface area contributed by atoms with Crippen molar-refractivity contribution >= 4 is 64.6 Å². The van der Waals surface area contributed by atoms with Gasteiger partial charge in [-0.05, 0) is 118 Å². The Hall–Kier alpha value is -8.60. The summed E-state index contributed by atoms with van der Waals surface area (Å²) in [5.74, 6) is 2.80. The van der Waals surface area contributed by atoms with Crippen molar-refractivity contribution in [3.63, 3.8) is 0 Å². The van der Waals surface area contributed by atoms with Crippen molar-refractivity contribution in [1.29, 1.82) is 0 Å². The molecule has 0 unspecified atom stereocenters. The van der Waals surface area contributed by atoms with Gasteiger partial charge in [-0.15, -0.1) is 0 Å². The molecule has 0 radical (unpaired) electrons. The molecule has 12 aromatic rings. The molecule has 3 aliphatic heterocycles. The third kappa shape index (κ3) is 12.4. The van der Waals surface area contributed by atoms with Gasteiger partial charge in [0.25, 0.3) is 0 Å². The van der Waals surface area contributed by atoms with Crippen LogP contribution in [-0.4, -0.2) is 103 Å². The van der Waals surface area contributed by atoms with Gasteiger partial charge < -0.3 is 14.2 Å². The van der Waals surface area contributed by atoms with Crippen LogP contribution in [0.1, 0.15) is 33.4 Å². The maximum Gasteiger partial charge on any atom is 0.123 e. The Kier molecular flexibility index (Phi) is 16.7. The lowest BCUT2D eigenvalue weighted by Crippen LogP contribution is -2.43. The maximum absolute atomic E-state index is 6.90. The van der Waals surface area contributed by atoms with Crippen molar-refractivity contribution in [3.8, 4) is 17.2 Å². The number of fused-ring (bicyclic) bond motifs is 21. The van der Waals surface area contributed by atoms with Crippen LogP contribution in [0.2, 0.25) is 0 Å². The predicted octanol–water partition coefficient (Wildman–Crippen LogP) is 15.8. The third-order valence-corrected chi connectivity index (χ3v) is 18.1. The minimum absolute atomic E-state index is 0.529. The highest BCUT2D eigenvalue weighted by molar-refractivity contribution is 6.04. The summed E-state index contributed by atoms with van der Waals surface area (Å²) in [5, 5.41) is 15.5. The second kappa shape index (κ2) is 25.9. The molecule has 3 aliphatic rings. The molecule has 0 spiro atoms. The van der Waals surface area contributed by atoms with Gasteiger partial charge >= 0.3 is 0 Å². The van der Waals surface area contributed by atoms with E-state index < -0.39 is 0 Å². The van der Waals surface area contributed by atoms with Gasteiger partial charge in [0.2, 0.25) is 0 Å². The van der Waals surface area contributed by atoms with Crippen LogP contribution in [0.3, 0.4) is 0 Å². The fraction of sp³-hybridized carbons (Fsp3) is 0.231. The van der Waals surface area contributed by atoms with Crippen LogP contribution < -0.4 is 14.2 Å². The van der Waals surface area contributed by atoms with Crippen LogP contribution in [0.4, 0.5) is 0 Å². The quantitative estimate of drug-likeness (QED) is 0.153. The van der Waals surface area contributed by atoms with E-state index in [1.807, 2.05) is 0 Å². The zero-order valence-corrected chi connectivity index (χ0v) is 49.2. The molecule has 3 heterocycles. The largest absolute Gasteiger partial charge is 0.492 e. The van der Waals surface area contributed by atoms with Crippen LogP contribution in [0, 0.1) is 0 Å². The number of nitrogens with zero attached hydrogens (tertiary/aromatic N) is 5. The molecule has 8 heteroatoms. The van der Waals surface area contributed by atoms with E-state index in [0.717, 1.165) is 95.8 Å². The Balaban J connectivity index is 0.902. The first-order chi connectivity index (χ1) is 42.6. The minimum atomic E-state index is 0.529. The second-order valence-electron chi connectivity index (χ2n) is 23.6. The molecule has 0 aromatic heterocycles. The highest BCUT2D eigenvalue weighted by atomic mass is 16.5. The van der Waals surface area contributed by atoms with Crippen molar-refractivity contribution in [2.75, 3.05) is 78.7 Å². The first kappa shape index (κ1) is 55.3. The lowest BCUT2D eigenvalue weighted by atomic mass is 9.96. The molecule has 8 nitrogen and oxygen atoms in total. The van der Waals surface area contributed by atoms with Gasteiger partial charge in [-0.3, -0.25) is 24.5 Å². The third-order valence-electron chi connectivity index (χ3n) is 18.1. The van der Waals surface area contributed by atoms with E-state index >= 15 is 0 Å². The van der Waals surface area contributed by atoms with Crippen molar-refractivity contribution in [1.82, 2.24) is 24.5 Å². The SMILES string of the molecule is c1ccc2c(c1)CN(Cc1c3ccccc3cc3ccccc13)CCN1CCN(Cc3c4ccccc4cc4ccccc34)Cc3ccccc3OCCN(CCO2)CCOc2ccccc2CN(Cc2c3ccccc3cc3ccccc23)CC1. The van der Waals surface area contributed by atoms with E-state index in [2.05, 4.69) is 261 Å². The predicted molar refractivity (Wildman–Crippen MR) is 355 cm³/mol. The normalized spacial score (nSPS) is 17.6. The zero-order valence-electron chi connectivity index (χ0n) is 49.2. The molecular formula is C78H75N5O3. The zero-order chi connectivity index (χ0) is 57.4. The van der Waals surface area contributed by atoms with Crippen LogP contribution in [0.25, 0.3) is 64.6 Å². The molecular weight excluding hydrogens is 1050 g/mol. The summed E-state index contributed by atoms with van der Waals surface area (Å²) in [5.41, 5.74) is 7.69. The molecule has 15 rings (SSSR count). The first-order valence-corrected chi connectivity index (χ1v) is 31.0. The number of benzene rings is 12. The second-order valence-corrected chi connectivity index (χ2v) is 23.6. The van der Waals surface area contributed by atoms with Crippen molar-refractivity contribution < 1.29 is 14.2 Å². The van der Waals surface area contributed by atoms with Gasteiger partial charge in [0.15, 0.2) is 0 Å². The molecule has 2 bridgehead atoms. The number of hydrogen-bond acceptors (Lipinski definition) is 8. The molecule has 0 saturated heterocycles. The average Bonchev–Trinajstić information content (AvgIpc) is 2.45. The molecule has 12 aromatic carbocycles. The van der Waals surface area contributed by atoms with E-state index in [9.17, 15) is 0 Å². The lowest BCUT2D eigenvalue weighted by Gasteiger charge is -2.33. The first-order valence-electron chi connectivity index (χ1n) is 31.0. The molecule has 0 aliphatic carbocycles. The molecule has 0 amide bonds. The molecule has 0 atom stereocenters. The molecule has 0 fully saturated rings. The van der Waals surface area contributed by atoms with Gasteiger partial charge in [0, 0.05) is 115 Å². The summed E-state index contributed by atoms with van der Waals surface area (Å²) < 4.78 is 20.7. The Morgan fingerprint density at radius 3 is 0.756 bits per heavy atom. The van der Waals surface area contributed by atoms with E-state index in [1.54, 1.807) is 0 Å². The summed E-state index contributed by atoms with van der Waals surface area (Å²) >= 11 is 0. The van der Waals surface area contributed by atoms with E-state index in [0.29, 0.717) is 39.5 Å². The van der Waals surface area contributed by atoms with Gasteiger partial charge in [-0.1, -0.05) is 200 Å². The summed E-state index contributed by atoms with van der Waals surface area (Å²) in [6.45, 7) is 13.4. The Morgan fingerprint density at radius 2 is 0.477 bits per heavy atom. The Bertz CT molecular complexity index is 3730. The summed E-state index contributed by atoms with van der Waals surface area (Å²) in [7, 11) is 0. The maximum atomic E-state index is 6.90. The smallest absolute Gasteiger partial charge is 0.123 e. The van der Waals surface area contributed by atoms with Crippen LogP contribution >= 0.6 is 0 Å². The van der Waals surface area contributed by atoms with Gasteiger partial charge in [0.1, 0.15) is 37.1 Å². The monoisotopic (exact) mass is 1130 g/mol. The summed E-state index contributed by atoms with van der Waals surface area (Å²) in [6, 6.07) is 87.1. The average molecular weight is 1130 g/mol. The highest BCUT2D eigenvalue weighted by Crippen LogP contribution is 2.35. The number of para-hydroxylation sites is 3. The molecule has 86 heavy (non-hydrogen) atoms. The molecule has 0 N–H and O–H groups in total. The Morgan fingerprint density at radius 1 is 0.244 bits per heavy atom. The number of rotatable bonds is 6. The van der Waals surface area contributed by atoms with Crippen LogP contribution in [0.15, 0.2) is 237 Å². The van der Waals surface area contributed by atoms with E-state index in [-0.39, 0.29) is 0 Å². The molecule has 0 saturated carbocycles. The van der Waals surface area contributed by atoms with Gasteiger partial charge in [-0.25, -0.2) is 0 Å². The summed E-state index contributed by atoms with van der Waals surface area (Å²) in [4.78, 5) is 13.3. The van der Waals surface area contributed by atoms with Crippen LogP contribution in [-0.2, 0) is 39.3 Å². The van der Waals surface area contributed by atoms with E-state index in [4.69, 9.17) is 14.2 Å². The minimum Gasteiger partial charge on any atom is -0.492 e. The van der Waals surface area contributed by atoms with Crippen molar-refractivity contribution in [2.24, 2.45) is 0 Å². The standard InChI is InChI=1S/C78H75N5O3/c1-10-28-67-58(19-1)49-59-20-2-11-29-68(59)73(67)55-81-40-37-79-38-41-82(56-74-69-30-12-3-21-60(69)50-61-22-4-13-31-70(61)74)53-65-26-8-17-35-77(65)85-47-44-80(43-46-84-76-34-16-7-25-64(76)52-81)45-48-86-78-36-18-9-27-66(78)54-83(42-39-79)57-75-71-32-14-5-23-62(71)51-63-24-6-15-33-72(63)75/h1-36,49-51H,37-48,52-57H2. The van der Waals surface area contributed by atoms with Crippen molar-refractivity contribution in [2.45, 2.75) is 39.3 Å². The van der Waals surface area contributed by atoms with Gasteiger partial charge in [-0.2, -0.15) is 0 Å². The number of hydrogen-bond donors (Lipinski definition) is 0. The lowest BCUT2D eigenvalue weighted by molar-refractivity contribution is 0.135. The highest BCUT2D eigenvalue weighted by Gasteiger charge is 2.23. The van der Waals surface area contributed by atoms with E-state index in [1.165, 1.54) is 98.0 Å². The Labute approximate surface area is 506 Å².